The summed E-state index contributed by atoms with van der Waals surface area (Å²) in [5.41, 5.74) is 3.33. The molecule has 1 aliphatic heterocycles. The van der Waals surface area contributed by atoms with Crippen LogP contribution in [0.25, 0.3) is 12.8 Å². The van der Waals surface area contributed by atoms with Gasteiger partial charge in [-0.2, -0.15) is 0 Å². The molecule has 0 bridgehead atoms. The normalized spacial score (nSPS) is 21.7. The minimum absolute atomic E-state index is 0.0376. The van der Waals surface area contributed by atoms with E-state index in [4.69, 9.17) is 4.99 Å². The molecule has 4 rings (SSSR count). The number of rotatable bonds is 13. The zero-order valence-corrected chi connectivity index (χ0v) is 28.5. The van der Waals surface area contributed by atoms with Crippen molar-refractivity contribution in [2.75, 3.05) is 31.1 Å². The fourth-order valence-corrected chi connectivity index (χ4v) is 7.12. The van der Waals surface area contributed by atoms with Crippen LogP contribution in [0.15, 0.2) is 58.8 Å². The van der Waals surface area contributed by atoms with Gasteiger partial charge in [0.05, 0.1) is 0 Å². The summed E-state index contributed by atoms with van der Waals surface area (Å²) in [7, 11) is 0. The number of carbonyl (C=O) groups excluding carboxylic acids is 2. The standard InChI is InChI=1S/C39H54N4O3/c1-7-10-11-38(45)42-24-22-41(23-25-42)36-17-14-32(15-18-36)28(4)29(5)40-27-35-16-19-39(46)43(30(35)6)21-20-33-12-13-34(37(44)9-3)26-31(33)8-2/h9,14-19,27-28,31,33-34H,3,6-8,10-13,20-26H2,1-2,4-5H3/b35-27-,40-29+/t28-,31?,33?,34?/m1/s1. The third kappa shape index (κ3) is 8.74. The molecule has 0 radical (unpaired) electrons. The van der Waals surface area contributed by atoms with Gasteiger partial charge in [0.25, 0.3) is 5.56 Å². The predicted octanol–water partition coefficient (Wildman–Crippen LogP) is 5.69. The van der Waals surface area contributed by atoms with E-state index in [0.29, 0.717) is 30.2 Å². The number of hydrogen-bond donors (Lipinski definition) is 0. The Hall–Kier alpha value is -3.74. The van der Waals surface area contributed by atoms with Gasteiger partial charge in [-0.3, -0.25) is 19.4 Å². The van der Waals surface area contributed by atoms with Crippen LogP contribution in [0.5, 0.6) is 0 Å². The zero-order valence-electron chi connectivity index (χ0n) is 28.5. The van der Waals surface area contributed by atoms with E-state index in [1.54, 1.807) is 10.6 Å². The first-order chi connectivity index (χ1) is 22.2. The van der Waals surface area contributed by atoms with E-state index < -0.39 is 0 Å². The highest BCUT2D eigenvalue weighted by atomic mass is 16.2. The maximum Gasteiger partial charge on any atom is 0.250 e. The van der Waals surface area contributed by atoms with Crippen LogP contribution in [0.3, 0.4) is 0 Å². The number of carbonyl (C=O) groups is 2. The molecule has 1 aromatic carbocycles. The first kappa shape index (κ1) is 35.1. The predicted molar refractivity (Wildman–Crippen MR) is 191 cm³/mol. The van der Waals surface area contributed by atoms with E-state index in [0.717, 1.165) is 82.1 Å². The number of allylic oxidation sites excluding steroid dienone is 1. The van der Waals surface area contributed by atoms with Crippen molar-refractivity contribution in [3.8, 4) is 0 Å². The summed E-state index contributed by atoms with van der Waals surface area (Å²) >= 11 is 0. The van der Waals surface area contributed by atoms with Gasteiger partial charge in [0.1, 0.15) is 0 Å². The van der Waals surface area contributed by atoms with Gasteiger partial charge in [-0.25, -0.2) is 0 Å². The van der Waals surface area contributed by atoms with Crippen LogP contribution in [0.2, 0.25) is 0 Å². The molecule has 2 aromatic rings. The van der Waals surface area contributed by atoms with E-state index in [-0.39, 0.29) is 29.1 Å². The second-order valence-electron chi connectivity index (χ2n) is 13.2. The Balaban J connectivity index is 1.38. The molecule has 4 atom stereocenters. The molecule has 2 heterocycles. The lowest BCUT2D eigenvalue weighted by atomic mass is 9.70. The van der Waals surface area contributed by atoms with Crippen molar-refractivity contribution in [2.45, 2.75) is 91.5 Å². The number of aromatic nitrogens is 1. The summed E-state index contributed by atoms with van der Waals surface area (Å²) in [6, 6.07) is 12.1. The monoisotopic (exact) mass is 626 g/mol. The number of nitrogens with zero attached hydrogens (tertiary/aromatic N) is 4. The summed E-state index contributed by atoms with van der Waals surface area (Å²) in [6.45, 7) is 20.4. The van der Waals surface area contributed by atoms with Crippen LogP contribution in [0, 0.1) is 17.8 Å². The van der Waals surface area contributed by atoms with Gasteiger partial charge in [-0.15, -0.1) is 0 Å². The molecule has 1 aliphatic carbocycles. The second kappa shape index (κ2) is 16.7. The largest absolute Gasteiger partial charge is 0.368 e. The Morgan fingerprint density at radius 1 is 1.02 bits per heavy atom. The van der Waals surface area contributed by atoms with E-state index in [9.17, 15) is 14.4 Å². The van der Waals surface area contributed by atoms with Crippen molar-refractivity contribution in [2.24, 2.45) is 22.7 Å². The number of aliphatic imine (C=N–C) groups is 1. The van der Waals surface area contributed by atoms with Gasteiger partial charge in [0.2, 0.25) is 5.91 Å². The van der Waals surface area contributed by atoms with Crippen molar-refractivity contribution in [1.29, 1.82) is 0 Å². The van der Waals surface area contributed by atoms with Crippen LogP contribution < -0.4 is 21.0 Å². The Labute approximate surface area is 275 Å². The Kier molecular flexibility index (Phi) is 12.8. The molecule has 7 heteroatoms. The van der Waals surface area contributed by atoms with Crippen LogP contribution in [-0.4, -0.2) is 53.0 Å². The Morgan fingerprint density at radius 3 is 2.39 bits per heavy atom. The second-order valence-corrected chi connectivity index (χ2v) is 13.2. The molecule has 1 amide bonds. The fourth-order valence-electron chi connectivity index (χ4n) is 7.12. The highest BCUT2D eigenvalue weighted by molar-refractivity contribution is 5.91. The molecular weight excluding hydrogens is 572 g/mol. The van der Waals surface area contributed by atoms with Crippen molar-refractivity contribution >= 4 is 35.9 Å². The molecule has 7 nitrogen and oxygen atoms in total. The average molecular weight is 627 g/mol. The molecule has 0 spiro atoms. The van der Waals surface area contributed by atoms with E-state index in [1.807, 2.05) is 24.1 Å². The molecule has 2 aliphatic rings. The van der Waals surface area contributed by atoms with E-state index >= 15 is 0 Å². The van der Waals surface area contributed by atoms with Crippen LogP contribution >= 0.6 is 0 Å². The van der Waals surface area contributed by atoms with Gasteiger partial charge < -0.3 is 14.4 Å². The fraction of sp³-hybridized carbons (Fsp3) is 0.538. The highest BCUT2D eigenvalue weighted by Gasteiger charge is 2.31. The first-order valence-electron chi connectivity index (χ1n) is 17.4. The van der Waals surface area contributed by atoms with Crippen molar-refractivity contribution < 1.29 is 9.59 Å². The van der Waals surface area contributed by atoms with Gasteiger partial charge in [0, 0.05) is 85.2 Å². The minimum atomic E-state index is -0.0376. The lowest BCUT2D eigenvalue weighted by Gasteiger charge is -2.36. The maximum atomic E-state index is 12.9. The number of benzene rings is 1. The third-order valence-electron chi connectivity index (χ3n) is 10.5. The SMILES string of the molecule is C=CC(=O)C1CCC(CCn2c(=O)cc/c(=C/N=C(\C)[C@@H](C)c3ccc(N4CCN(C(=O)CCCC)CC4)cc3)c2=C)C(CC)C1. The summed E-state index contributed by atoms with van der Waals surface area (Å²) < 4.78 is 1.79. The lowest BCUT2D eigenvalue weighted by Crippen LogP contribution is -2.48. The van der Waals surface area contributed by atoms with Gasteiger partial charge in [-0.05, 0) is 80.7 Å². The molecule has 2 fully saturated rings. The number of ketones is 1. The number of amides is 1. The maximum absolute atomic E-state index is 12.9. The molecular formula is C39H54N4O3. The minimum Gasteiger partial charge on any atom is -0.368 e. The van der Waals surface area contributed by atoms with Crippen molar-refractivity contribution in [1.82, 2.24) is 9.47 Å². The summed E-state index contributed by atoms with van der Waals surface area (Å²) in [5.74, 6) is 1.66. The van der Waals surface area contributed by atoms with Gasteiger partial charge in [0.15, 0.2) is 5.78 Å². The Bertz CT molecular complexity index is 1550. The van der Waals surface area contributed by atoms with Crippen LogP contribution in [0.4, 0.5) is 5.69 Å². The topological polar surface area (TPSA) is 75.0 Å². The molecule has 1 aromatic heterocycles. The number of unbranched alkanes of at least 4 members (excludes halogenated alkanes) is 1. The smallest absolute Gasteiger partial charge is 0.250 e. The summed E-state index contributed by atoms with van der Waals surface area (Å²) in [5, 5.41) is 1.54. The average Bonchev–Trinajstić information content (AvgIpc) is 3.09. The molecule has 3 unspecified atom stereocenters. The quantitative estimate of drug-likeness (QED) is 0.212. The van der Waals surface area contributed by atoms with Gasteiger partial charge in [-0.1, -0.05) is 58.9 Å². The highest BCUT2D eigenvalue weighted by Crippen LogP contribution is 2.38. The molecule has 1 saturated heterocycles. The van der Waals surface area contributed by atoms with Crippen LogP contribution in [0.1, 0.15) is 90.5 Å². The first-order valence-corrected chi connectivity index (χ1v) is 17.4. The summed E-state index contributed by atoms with van der Waals surface area (Å²) in [4.78, 5) is 46.6. The molecule has 1 saturated carbocycles. The van der Waals surface area contributed by atoms with Gasteiger partial charge >= 0.3 is 0 Å². The third-order valence-corrected chi connectivity index (χ3v) is 10.5. The molecule has 0 N–H and O–H groups in total. The van der Waals surface area contributed by atoms with Crippen molar-refractivity contribution in [3.63, 3.8) is 0 Å². The lowest BCUT2D eigenvalue weighted by molar-refractivity contribution is -0.131. The number of hydrogen-bond acceptors (Lipinski definition) is 5. The van der Waals surface area contributed by atoms with E-state index in [2.05, 4.69) is 63.1 Å². The van der Waals surface area contributed by atoms with Crippen molar-refractivity contribution in [3.05, 3.63) is 75.5 Å². The summed E-state index contributed by atoms with van der Waals surface area (Å²) in [6.07, 6.45) is 10.7. The number of pyridine rings is 1. The molecule has 46 heavy (non-hydrogen) atoms. The van der Waals surface area contributed by atoms with Crippen LogP contribution in [-0.2, 0) is 16.1 Å². The molecule has 248 valence electrons. The number of piperazine rings is 1. The number of anilines is 1. The Morgan fingerprint density at radius 2 is 1.74 bits per heavy atom. The van der Waals surface area contributed by atoms with E-state index in [1.165, 1.54) is 17.3 Å². The zero-order chi connectivity index (χ0) is 33.2.